The molecule has 124 valence electrons. The number of carbonyl (C=O) groups excluding carboxylic acids is 1. The van der Waals surface area contributed by atoms with E-state index in [9.17, 15) is 14.7 Å². The third-order valence-electron chi connectivity index (χ3n) is 4.24. The smallest absolute Gasteiger partial charge is 0.317 e. The van der Waals surface area contributed by atoms with Crippen molar-refractivity contribution < 1.29 is 19.4 Å². The number of esters is 1. The largest absolute Gasteiger partial charge is 0.480 e. The Morgan fingerprint density at radius 3 is 2.50 bits per heavy atom. The number of H-pyrrole nitrogens is 1. The molecule has 1 aromatic rings. The van der Waals surface area contributed by atoms with Gasteiger partial charge in [0.05, 0.1) is 12.0 Å². The Kier molecular flexibility index (Phi) is 6.14. The third-order valence-corrected chi connectivity index (χ3v) is 4.24. The standard InChI is InChI=1S/C16H26N2O4/c1-5-7-10-22-14(21)15(3,6-2)11-16(4,13(19)20)12-17-8-9-18-12/h8-9H,5-7,10-11H2,1-4H3,(H,17,18)(H,19,20). The van der Waals surface area contributed by atoms with E-state index >= 15 is 0 Å². The molecular formula is C16H26N2O4. The van der Waals surface area contributed by atoms with Crippen molar-refractivity contribution in [2.24, 2.45) is 5.41 Å². The predicted molar refractivity (Wildman–Crippen MR) is 82.5 cm³/mol. The van der Waals surface area contributed by atoms with Crippen molar-refractivity contribution in [3.05, 3.63) is 18.2 Å². The maximum absolute atomic E-state index is 12.4. The normalized spacial score (nSPS) is 16.5. The number of aromatic amines is 1. The second-order valence-corrected chi connectivity index (χ2v) is 6.16. The number of nitrogens with one attached hydrogen (secondary N) is 1. The first-order valence-electron chi connectivity index (χ1n) is 7.70. The molecule has 0 saturated carbocycles. The number of unbranched alkanes of at least 4 members (excludes halogenated alkanes) is 1. The predicted octanol–water partition coefficient (Wildman–Crippen LogP) is 2.90. The first kappa shape index (κ1) is 18.2. The highest BCUT2D eigenvalue weighted by Crippen LogP contribution is 2.39. The van der Waals surface area contributed by atoms with Gasteiger partial charge in [0, 0.05) is 12.4 Å². The summed E-state index contributed by atoms with van der Waals surface area (Å²) in [4.78, 5) is 31.1. The van der Waals surface area contributed by atoms with Crippen LogP contribution in [-0.2, 0) is 19.7 Å². The number of rotatable bonds is 9. The Balaban J connectivity index is 2.98. The topological polar surface area (TPSA) is 92.3 Å². The summed E-state index contributed by atoms with van der Waals surface area (Å²) in [7, 11) is 0. The number of carboxylic acid groups (broad SMARTS) is 1. The summed E-state index contributed by atoms with van der Waals surface area (Å²) in [5, 5.41) is 9.65. The van der Waals surface area contributed by atoms with Crippen molar-refractivity contribution in [2.75, 3.05) is 6.61 Å². The Labute approximate surface area is 131 Å². The van der Waals surface area contributed by atoms with Gasteiger partial charge in [-0.25, -0.2) is 4.98 Å². The fourth-order valence-electron chi connectivity index (χ4n) is 2.43. The van der Waals surface area contributed by atoms with E-state index in [1.807, 2.05) is 13.8 Å². The summed E-state index contributed by atoms with van der Waals surface area (Å²) in [6.07, 6.45) is 5.47. The van der Waals surface area contributed by atoms with Gasteiger partial charge in [-0.3, -0.25) is 9.59 Å². The van der Waals surface area contributed by atoms with Gasteiger partial charge in [-0.2, -0.15) is 0 Å². The van der Waals surface area contributed by atoms with Gasteiger partial charge in [-0.05, 0) is 33.1 Å². The van der Waals surface area contributed by atoms with Gasteiger partial charge in [0.2, 0.25) is 0 Å². The molecule has 6 nitrogen and oxygen atoms in total. The molecule has 0 aliphatic heterocycles. The van der Waals surface area contributed by atoms with Crippen molar-refractivity contribution in [2.45, 2.75) is 58.8 Å². The molecule has 1 rings (SSSR count). The zero-order chi connectivity index (χ0) is 16.8. The van der Waals surface area contributed by atoms with Crippen LogP contribution < -0.4 is 0 Å². The number of hydrogen-bond acceptors (Lipinski definition) is 4. The lowest BCUT2D eigenvalue weighted by Gasteiger charge is -2.33. The molecular weight excluding hydrogens is 284 g/mol. The minimum absolute atomic E-state index is 0.129. The van der Waals surface area contributed by atoms with Gasteiger partial charge in [0.15, 0.2) is 0 Å². The first-order valence-corrected chi connectivity index (χ1v) is 7.70. The molecule has 0 spiro atoms. The average molecular weight is 310 g/mol. The van der Waals surface area contributed by atoms with Gasteiger partial charge >= 0.3 is 11.9 Å². The summed E-state index contributed by atoms with van der Waals surface area (Å²) >= 11 is 0. The molecule has 2 atom stereocenters. The third kappa shape index (κ3) is 3.87. The number of nitrogens with zero attached hydrogens (tertiary/aromatic N) is 1. The number of aromatic nitrogens is 2. The molecule has 1 aromatic heterocycles. The summed E-state index contributed by atoms with van der Waals surface area (Å²) in [6.45, 7) is 7.60. The molecule has 0 fully saturated rings. The van der Waals surface area contributed by atoms with Gasteiger partial charge in [0.1, 0.15) is 11.2 Å². The number of imidazole rings is 1. The Morgan fingerprint density at radius 2 is 2.05 bits per heavy atom. The van der Waals surface area contributed by atoms with Crippen LogP contribution in [0.1, 0.15) is 59.2 Å². The van der Waals surface area contributed by atoms with Crippen LogP contribution in [0.15, 0.2) is 12.4 Å². The van der Waals surface area contributed by atoms with E-state index in [0.29, 0.717) is 18.9 Å². The van der Waals surface area contributed by atoms with E-state index in [4.69, 9.17) is 4.74 Å². The minimum atomic E-state index is -1.27. The number of carboxylic acids is 1. The summed E-state index contributed by atoms with van der Waals surface area (Å²) in [5.74, 6) is -1.01. The van der Waals surface area contributed by atoms with Crippen molar-refractivity contribution in [1.82, 2.24) is 9.97 Å². The summed E-state index contributed by atoms with van der Waals surface area (Å²) in [6, 6.07) is 0. The van der Waals surface area contributed by atoms with Crippen LogP contribution in [0.4, 0.5) is 0 Å². The van der Waals surface area contributed by atoms with Crippen LogP contribution in [0.25, 0.3) is 0 Å². The molecule has 1 heterocycles. The lowest BCUT2D eigenvalue weighted by Crippen LogP contribution is -2.42. The van der Waals surface area contributed by atoms with E-state index < -0.39 is 16.8 Å². The monoisotopic (exact) mass is 310 g/mol. The lowest BCUT2D eigenvalue weighted by molar-refractivity contribution is -0.158. The lowest BCUT2D eigenvalue weighted by atomic mass is 9.71. The van der Waals surface area contributed by atoms with E-state index in [2.05, 4.69) is 9.97 Å². The van der Waals surface area contributed by atoms with Crippen LogP contribution in [0.2, 0.25) is 0 Å². The molecule has 0 amide bonds. The minimum Gasteiger partial charge on any atom is -0.480 e. The van der Waals surface area contributed by atoms with Crippen molar-refractivity contribution in [3.8, 4) is 0 Å². The van der Waals surface area contributed by atoms with Crippen molar-refractivity contribution in [1.29, 1.82) is 0 Å². The van der Waals surface area contributed by atoms with Crippen molar-refractivity contribution >= 4 is 11.9 Å². The van der Waals surface area contributed by atoms with Crippen LogP contribution in [0, 0.1) is 5.41 Å². The summed E-state index contributed by atoms with van der Waals surface area (Å²) in [5.41, 5.74) is -2.13. The highest BCUT2D eigenvalue weighted by atomic mass is 16.5. The van der Waals surface area contributed by atoms with E-state index in [-0.39, 0.29) is 12.4 Å². The van der Waals surface area contributed by atoms with E-state index in [1.54, 1.807) is 20.0 Å². The fraction of sp³-hybridized carbons (Fsp3) is 0.688. The zero-order valence-corrected chi connectivity index (χ0v) is 13.8. The molecule has 0 aliphatic carbocycles. The van der Waals surface area contributed by atoms with Gasteiger partial charge in [-0.15, -0.1) is 0 Å². The average Bonchev–Trinajstić information content (AvgIpc) is 3.01. The SMILES string of the molecule is CCCCOC(=O)C(C)(CC)CC(C)(C(=O)O)c1ncc[nH]1. The fourth-order valence-corrected chi connectivity index (χ4v) is 2.43. The van der Waals surface area contributed by atoms with Crippen LogP contribution in [0.5, 0.6) is 0 Å². The Hall–Kier alpha value is -1.85. The highest BCUT2D eigenvalue weighted by molar-refractivity contribution is 5.82. The number of aliphatic carboxylic acids is 1. The van der Waals surface area contributed by atoms with Gasteiger partial charge in [0.25, 0.3) is 0 Å². The van der Waals surface area contributed by atoms with Gasteiger partial charge < -0.3 is 14.8 Å². The molecule has 0 radical (unpaired) electrons. The van der Waals surface area contributed by atoms with Crippen LogP contribution >= 0.6 is 0 Å². The molecule has 0 saturated heterocycles. The molecule has 2 unspecified atom stereocenters. The van der Waals surface area contributed by atoms with Gasteiger partial charge in [-0.1, -0.05) is 20.3 Å². The molecule has 22 heavy (non-hydrogen) atoms. The Bertz CT molecular complexity index is 500. The highest BCUT2D eigenvalue weighted by Gasteiger charge is 2.47. The number of hydrogen-bond donors (Lipinski definition) is 2. The van der Waals surface area contributed by atoms with E-state index in [1.165, 1.54) is 6.20 Å². The molecule has 2 N–H and O–H groups in total. The number of carbonyl (C=O) groups is 2. The van der Waals surface area contributed by atoms with E-state index in [0.717, 1.165) is 12.8 Å². The summed E-state index contributed by atoms with van der Waals surface area (Å²) < 4.78 is 5.32. The maximum atomic E-state index is 12.4. The van der Waals surface area contributed by atoms with Crippen LogP contribution in [-0.4, -0.2) is 33.6 Å². The quantitative estimate of drug-likeness (QED) is 0.540. The second kappa shape index (κ2) is 7.42. The molecule has 0 aromatic carbocycles. The molecule has 6 heteroatoms. The maximum Gasteiger partial charge on any atom is 0.317 e. The Morgan fingerprint density at radius 1 is 1.36 bits per heavy atom. The van der Waals surface area contributed by atoms with Crippen molar-refractivity contribution in [3.63, 3.8) is 0 Å². The zero-order valence-electron chi connectivity index (χ0n) is 13.8. The first-order chi connectivity index (χ1) is 10.3. The second-order valence-electron chi connectivity index (χ2n) is 6.16. The molecule has 0 aliphatic rings. The number of ether oxygens (including phenoxy) is 1. The van der Waals surface area contributed by atoms with Crippen LogP contribution in [0.3, 0.4) is 0 Å². The molecule has 0 bridgehead atoms.